The van der Waals surface area contributed by atoms with E-state index in [1.54, 1.807) is 11.3 Å². The lowest BCUT2D eigenvalue weighted by Crippen LogP contribution is -2.07. The van der Waals surface area contributed by atoms with E-state index in [4.69, 9.17) is 10.1 Å². The third-order valence-corrected chi connectivity index (χ3v) is 10.5. The molecule has 7 rings (SSSR count). The molecule has 198 valence electrons. The maximum Gasteiger partial charge on any atom is 0.169 e. The van der Waals surface area contributed by atoms with Crippen molar-refractivity contribution in [2.45, 2.75) is 40.8 Å². The summed E-state index contributed by atoms with van der Waals surface area (Å²) in [5.74, 6) is 0.343. The molecule has 7 heteroatoms. The summed E-state index contributed by atoms with van der Waals surface area (Å²) in [5, 5.41) is 11.7. The molecule has 5 nitrogen and oxygen atoms in total. The first-order valence-corrected chi connectivity index (χ1v) is 14.8. The lowest BCUT2D eigenvalue weighted by Gasteiger charge is -2.03. The van der Waals surface area contributed by atoms with Crippen LogP contribution >= 0.6 is 22.7 Å². The van der Waals surface area contributed by atoms with E-state index in [2.05, 4.69) is 61.5 Å². The predicted octanol–water partition coefficient (Wildman–Crippen LogP) is 7.95. The van der Waals surface area contributed by atoms with Gasteiger partial charge in [-0.1, -0.05) is 70.2 Å². The summed E-state index contributed by atoms with van der Waals surface area (Å²) in [5.41, 5.74) is 4.04. The Labute approximate surface area is 235 Å². The van der Waals surface area contributed by atoms with Crippen molar-refractivity contribution in [3.63, 3.8) is 0 Å². The zero-order valence-corrected chi connectivity index (χ0v) is 24.1. The fourth-order valence-electron chi connectivity index (χ4n) is 5.70. The molecule has 0 unspecified atom stereocenters. The number of ketones is 1. The van der Waals surface area contributed by atoms with E-state index in [0.29, 0.717) is 6.54 Å². The molecule has 1 N–H and O–H groups in total. The van der Waals surface area contributed by atoms with E-state index < -0.39 is 0 Å². The Hall–Kier alpha value is -3.39. The summed E-state index contributed by atoms with van der Waals surface area (Å²) in [6.45, 7) is 9.54. The summed E-state index contributed by atoms with van der Waals surface area (Å²) in [4.78, 5) is 22.4. The van der Waals surface area contributed by atoms with Crippen LogP contribution in [0.3, 0.4) is 0 Å². The fourth-order valence-corrected chi connectivity index (χ4v) is 7.50. The molecular weight excluding hydrogens is 523 g/mol. The van der Waals surface area contributed by atoms with Crippen LogP contribution in [0.4, 0.5) is 0 Å². The molecule has 0 atom stereocenters. The minimum atomic E-state index is 0.0410. The number of aromatic nitrogens is 3. The third-order valence-electron chi connectivity index (χ3n) is 8.45. The zero-order chi connectivity index (χ0) is 27.4. The molecular formula is C32H31N3O2S2. The lowest BCUT2D eigenvalue weighted by molar-refractivity contribution is 0.0946. The summed E-state index contributed by atoms with van der Waals surface area (Å²) in [6.07, 6.45) is 2.05. The highest BCUT2D eigenvalue weighted by Gasteiger charge is 2.68. The lowest BCUT2D eigenvalue weighted by atomic mass is 10.0. The summed E-state index contributed by atoms with van der Waals surface area (Å²) >= 11 is 3.26. The molecule has 3 aromatic carbocycles. The van der Waals surface area contributed by atoms with Crippen molar-refractivity contribution in [3.05, 3.63) is 94.6 Å². The molecule has 0 bridgehead atoms. The highest BCUT2D eigenvalue weighted by Crippen LogP contribution is 2.69. The van der Waals surface area contributed by atoms with Crippen molar-refractivity contribution < 1.29 is 9.90 Å². The second-order valence-electron chi connectivity index (χ2n) is 11.2. The maximum absolute atomic E-state index is 13.4. The van der Waals surface area contributed by atoms with Crippen LogP contribution in [0.25, 0.3) is 31.3 Å². The quantitative estimate of drug-likeness (QED) is 0.220. The number of fused-ring (bicyclic) bond motifs is 3. The van der Waals surface area contributed by atoms with E-state index in [9.17, 15) is 4.79 Å². The van der Waals surface area contributed by atoms with Crippen LogP contribution in [-0.4, -0.2) is 25.4 Å². The summed E-state index contributed by atoms with van der Waals surface area (Å²) < 4.78 is 4.52. The first-order valence-electron chi connectivity index (χ1n) is 13.1. The van der Waals surface area contributed by atoms with Crippen LogP contribution in [0.15, 0.2) is 79.0 Å². The highest BCUT2D eigenvalue weighted by atomic mass is 32.1. The van der Waals surface area contributed by atoms with E-state index in [0.717, 1.165) is 42.2 Å². The van der Waals surface area contributed by atoms with Crippen LogP contribution < -0.4 is 0 Å². The molecule has 0 radical (unpaired) electrons. The molecule has 0 aliphatic heterocycles. The Morgan fingerprint density at radius 1 is 0.821 bits per heavy atom. The second-order valence-corrected chi connectivity index (χ2v) is 13.5. The largest absolute Gasteiger partial charge is 0.389 e. The topological polar surface area (TPSA) is 68.0 Å². The molecule has 3 aromatic heterocycles. The number of hydrogen-bond donors (Lipinski definition) is 1. The van der Waals surface area contributed by atoms with E-state index >= 15 is 0 Å². The monoisotopic (exact) mass is 553 g/mol. The number of nitrogens with zero attached hydrogens (tertiary/aromatic N) is 3. The summed E-state index contributed by atoms with van der Waals surface area (Å²) in [6, 6.07) is 24.3. The van der Waals surface area contributed by atoms with Crippen molar-refractivity contribution in [2.24, 2.45) is 16.7 Å². The van der Waals surface area contributed by atoms with Crippen LogP contribution in [-0.2, 0) is 13.2 Å². The minimum absolute atomic E-state index is 0.0410. The van der Waals surface area contributed by atoms with Gasteiger partial charge in [0.05, 0.1) is 33.6 Å². The zero-order valence-electron chi connectivity index (χ0n) is 22.5. The molecule has 0 amide bonds. The van der Waals surface area contributed by atoms with E-state index in [1.165, 1.54) is 16.0 Å². The standard InChI is InChI=1S/C24H24N2OS.C8H7NOS/c1-23(2)22(24(23,3)4)21(27)16-13-26(18-11-7-5-9-15(16)18)14-20-25-17-10-6-8-12-19(17)28-20;10-5-8-9-6-3-1-2-4-7(6)11-8/h5-13,22H,14H2,1-4H3;1-4,10H,5H2. The van der Waals surface area contributed by atoms with Crippen LogP contribution in [0.2, 0.25) is 0 Å². The molecule has 39 heavy (non-hydrogen) atoms. The summed E-state index contributed by atoms with van der Waals surface area (Å²) in [7, 11) is 0. The number of rotatable bonds is 5. The van der Waals surface area contributed by atoms with Crippen molar-refractivity contribution >= 4 is 59.8 Å². The van der Waals surface area contributed by atoms with Gasteiger partial charge in [0.25, 0.3) is 0 Å². The van der Waals surface area contributed by atoms with Gasteiger partial charge in [-0.2, -0.15) is 0 Å². The van der Waals surface area contributed by atoms with Crippen molar-refractivity contribution in [2.75, 3.05) is 0 Å². The van der Waals surface area contributed by atoms with Gasteiger partial charge >= 0.3 is 0 Å². The number of aliphatic hydroxyl groups is 1. The Bertz CT molecular complexity index is 1750. The first kappa shape index (κ1) is 25.9. The van der Waals surface area contributed by atoms with Crippen molar-refractivity contribution in [1.29, 1.82) is 0 Å². The van der Waals surface area contributed by atoms with Crippen LogP contribution in [0.5, 0.6) is 0 Å². The Morgan fingerprint density at radius 2 is 1.36 bits per heavy atom. The van der Waals surface area contributed by atoms with Gasteiger partial charge in [-0.3, -0.25) is 4.79 Å². The molecule has 0 saturated heterocycles. The van der Waals surface area contributed by atoms with Gasteiger partial charge in [0.15, 0.2) is 5.78 Å². The first-order chi connectivity index (χ1) is 18.7. The van der Waals surface area contributed by atoms with Crippen molar-refractivity contribution in [1.82, 2.24) is 14.5 Å². The van der Waals surface area contributed by atoms with E-state index in [-0.39, 0.29) is 29.1 Å². The van der Waals surface area contributed by atoms with Gasteiger partial charge in [0, 0.05) is 28.6 Å². The van der Waals surface area contributed by atoms with Gasteiger partial charge in [0.1, 0.15) is 10.0 Å². The number of hydrogen-bond acceptors (Lipinski definition) is 6. The molecule has 6 aromatic rings. The van der Waals surface area contributed by atoms with Gasteiger partial charge in [-0.05, 0) is 41.2 Å². The number of thiazole rings is 2. The predicted molar refractivity (Wildman–Crippen MR) is 162 cm³/mol. The van der Waals surface area contributed by atoms with Gasteiger partial charge in [-0.25, -0.2) is 9.97 Å². The molecule has 0 spiro atoms. The number of Topliss-reactive ketones (excluding diaryl/α,β-unsaturated/α-hetero) is 1. The third kappa shape index (κ3) is 4.48. The second kappa shape index (κ2) is 9.66. The van der Waals surface area contributed by atoms with Gasteiger partial charge < -0.3 is 9.67 Å². The number of carbonyl (C=O) groups is 1. The maximum atomic E-state index is 13.4. The smallest absolute Gasteiger partial charge is 0.169 e. The highest BCUT2D eigenvalue weighted by molar-refractivity contribution is 7.18. The molecule has 3 heterocycles. The molecule has 1 aliphatic carbocycles. The minimum Gasteiger partial charge on any atom is -0.389 e. The number of benzene rings is 3. The molecule has 1 fully saturated rings. The van der Waals surface area contributed by atoms with Gasteiger partial charge in [0.2, 0.25) is 0 Å². The Morgan fingerprint density at radius 3 is 1.95 bits per heavy atom. The Balaban J connectivity index is 0.000000210. The molecule has 1 saturated carbocycles. The van der Waals surface area contributed by atoms with Gasteiger partial charge in [-0.15, -0.1) is 22.7 Å². The normalized spacial score (nSPS) is 15.9. The SMILES string of the molecule is CC1(C)C(C(=O)c2cn(Cc3nc4ccccc4s3)c3ccccc23)C1(C)C.OCc1nc2ccccc2s1. The fraction of sp³-hybridized carbons (Fsp3) is 0.281. The average Bonchev–Trinajstić information content (AvgIpc) is 3.47. The van der Waals surface area contributed by atoms with E-state index in [1.807, 2.05) is 54.7 Å². The number of carbonyl (C=O) groups excluding carboxylic acids is 1. The van der Waals surface area contributed by atoms with Crippen molar-refractivity contribution in [3.8, 4) is 0 Å². The molecule has 1 aliphatic rings. The van der Waals surface area contributed by atoms with Crippen LogP contribution in [0.1, 0.15) is 48.1 Å². The average molecular weight is 554 g/mol. The number of para-hydroxylation sites is 3. The Kier molecular flexibility index (Phi) is 6.41. The number of aliphatic hydroxyl groups excluding tert-OH is 1. The van der Waals surface area contributed by atoms with Crippen LogP contribution in [0, 0.1) is 16.7 Å².